The molecule has 9 nitrogen and oxygen atoms in total. The van der Waals surface area contributed by atoms with E-state index in [1.165, 1.54) is 12.8 Å². The molecule has 2 aromatic carbocycles. The molecular formula is C35H38N6O3. The number of phenolic OH excluding ortho intramolecular Hbond substituents is 1. The number of likely N-dealkylation sites (tertiary alicyclic amines) is 1. The first-order chi connectivity index (χ1) is 21.2. The molecule has 44 heavy (non-hydrogen) atoms. The van der Waals surface area contributed by atoms with Gasteiger partial charge in [0.05, 0.1) is 24.0 Å². The summed E-state index contributed by atoms with van der Waals surface area (Å²) < 4.78 is 10.2. The van der Waals surface area contributed by atoms with Crippen LogP contribution in [0, 0.1) is 25.7 Å². The van der Waals surface area contributed by atoms with Crippen LogP contribution in [0.5, 0.6) is 11.5 Å². The number of fused-ring (bicyclic) bond motifs is 4. The van der Waals surface area contributed by atoms with Crippen LogP contribution in [0.15, 0.2) is 42.5 Å². The summed E-state index contributed by atoms with van der Waals surface area (Å²) in [5.74, 6) is 2.74. The van der Waals surface area contributed by atoms with E-state index >= 15 is 0 Å². The summed E-state index contributed by atoms with van der Waals surface area (Å²) in [7, 11) is 3.65. The number of piperidine rings is 1. The van der Waals surface area contributed by atoms with E-state index in [9.17, 15) is 9.90 Å². The van der Waals surface area contributed by atoms with E-state index in [0.29, 0.717) is 28.9 Å². The van der Waals surface area contributed by atoms with Crippen LogP contribution in [0.1, 0.15) is 47.2 Å². The molecule has 0 radical (unpaired) electrons. The zero-order valence-corrected chi connectivity index (χ0v) is 25.7. The van der Waals surface area contributed by atoms with E-state index in [0.717, 1.165) is 81.9 Å². The van der Waals surface area contributed by atoms with Crippen LogP contribution in [-0.4, -0.2) is 60.8 Å². The Labute approximate surface area is 256 Å². The van der Waals surface area contributed by atoms with Crippen molar-refractivity contribution in [1.82, 2.24) is 24.0 Å². The summed E-state index contributed by atoms with van der Waals surface area (Å²) in [5.41, 5.74) is 14.2. The first kappa shape index (κ1) is 27.2. The Bertz CT molecular complexity index is 1990. The maximum absolute atomic E-state index is 13.7. The van der Waals surface area contributed by atoms with Crippen LogP contribution in [0.25, 0.3) is 44.8 Å². The highest BCUT2D eigenvalue weighted by molar-refractivity contribution is 6.00. The molecule has 1 aliphatic heterocycles. The minimum absolute atomic E-state index is 0.000564. The Morgan fingerprint density at radius 2 is 1.86 bits per heavy atom. The molecule has 2 unspecified atom stereocenters. The van der Waals surface area contributed by atoms with Crippen LogP contribution in [0.4, 0.5) is 0 Å². The van der Waals surface area contributed by atoms with Gasteiger partial charge in [-0.3, -0.25) is 4.79 Å². The fraction of sp³-hybridized carbons (Fsp3) is 0.400. The van der Waals surface area contributed by atoms with Gasteiger partial charge >= 0.3 is 0 Å². The average molecular weight is 591 g/mol. The van der Waals surface area contributed by atoms with E-state index in [-0.39, 0.29) is 18.0 Å². The summed E-state index contributed by atoms with van der Waals surface area (Å²) in [5, 5.41) is 11.3. The van der Waals surface area contributed by atoms with Gasteiger partial charge in [-0.15, -0.1) is 0 Å². The molecule has 0 spiro atoms. The van der Waals surface area contributed by atoms with Crippen molar-refractivity contribution in [3.05, 3.63) is 59.2 Å². The Morgan fingerprint density at radius 3 is 2.57 bits per heavy atom. The number of phenols is 1. The first-order valence-corrected chi connectivity index (χ1v) is 15.6. The van der Waals surface area contributed by atoms with Gasteiger partial charge in [0.1, 0.15) is 22.7 Å². The summed E-state index contributed by atoms with van der Waals surface area (Å²) in [6.07, 6.45) is 4.48. The van der Waals surface area contributed by atoms with Crippen LogP contribution in [0.2, 0.25) is 0 Å². The maximum atomic E-state index is 13.7. The number of nitrogens with two attached hydrogens (primary N) is 1. The highest BCUT2D eigenvalue weighted by Crippen LogP contribution is 2.40. The second kappa shape index (κ2) is 9.82. The number of hydrogen-bond acceptors (Lipinski definition) is 6. The minimum atomic E-state index is -0.000564. The number of rotatable bonds is 6. The van der Waals surface area contributed by atoms with Crippen molar-refractivity contribution in [3.8, 4) is 34.3 Å². The number of ether oxygens (including phenoxy) is 1. The van der Waals surface area contributed by atoms with Gasteiger partial charge in [0.25, 0.3) is 5.91 Å². The number of methoxy groups -OCH3 is 1. The fourth-order valence-corrected chi connectivity index (χ4v) is 7.55. The zero-order chi connectivity index (χ0) is 30.4. The van der Waals surface area contributed by atoms with Crippen molar-refractivity contribution < 1.29 is 14.6 Å². The molecule has 3 fully saturated rings. The van der Waals surface area contributed by atoms with Crippen molar-refractivity contribution >= 4 is 28.0 Å². The predicted octanol–water partition coefficient (Wildman–Crippen LogP) is 5.56. The quantitative estimate of drug-likeness (QED) is 0.268. The number of nitrogens with zero attached hydrogens (tertiary/aromatic N) is 5. The van der Waals surface area contributed by atoms with Crippen LogP contribution in [0.3, 0.4) is 0 Å². The molecule has 3 aromatic heterocycles. The summed E-state index contributed by atoms with van der Waals surface area (Å²) in [6.45, 7) is 5.50. The number of aromatic nitrogens is 4. The second-order valence-corrected chi connectivity index (χ2v) is 13.1. The molecule has 3 N–H and O–H groups in total. The van der Waals surface area contributed by atoms with Gasteiger partial charge in [-0.1, -0.05) is 0 Å². The fourth-order valence-electron chi connectivity index (χ4n) is 7.55. The van der Waals surface area contributed by atoms with Crippen molar-refractivity contribution in [2.75, 3.05) is 13.7 Å². The third-order valence-electron chi connectivity index (χ3n) is 10.2. The molecule has 5 aromatic rings. The Morgan fingerprint density at radius 1 is 1.05 bits per heavy atom. The Balaban J connectivity index is 1.25. The topological polar surface area (TPSA) is 111 Å². The van der Waals surface area contributed by atoms with Gasteiger partial charge in [0.15, 0.2) is 5.82 Å². The van der Waals surface area contributed by atoms with Crippen LogP contribution < -0.4 is 10.5 Å². The van der Waals surface area contributed by atoms with Gasteiger partial charge in [0, 0.05) is 48.7 Å². The van der Waals surface area contributed by atoms with Gasteiger partial charge in [-0.2, -0.15) is 0 Å². The number of carbonyl (C=O) groups is 1. The number of imidazole rings is 1. The van der Waals surface area contributed by atoms with Crippen molar-refractivity contribution in [1.29, 1.82) is 0 Å². The number of pyridine rings is 1. The largest absolute Gasteiger partial charge is 0.508 e. The minimum Gasteiger partial charge on any atom is -0.508 e. The normalized spacial score (nSPS) is 21.2. The van der Waals surface area contributed by atoms with Gasteiger partial charge in [-0.05, 0) is 105 Å². The lowest BCUT2D eigenvalue weighted by Crippen LogP contribution is -2.41. The third kappa shape index (κ3) is 4.13. The third-order valence-corrected chi connectivity index (χ3v) is 10.2. The van der Waals surface area contributed by atoms with Gasteiger partial charge < -0.3 is 29.6 Å². The molecule has 2 saturated carbocycles. The number of carbonyl (C=O) groups excluding carboxylic acids is 1. The number of aromatic hydroxyl groups is 1. The van der Waals surface area contributed by atoms with Gasteiger partial charge in [0.2, 0.25) is 0 Å². The first-order valence-electron chi connectivity index (χ1n) is 15.6. The lowest BCUT2D eigenvalue weighted by atomic mass is 10.0. The predicted molar refractivity (Wildman–Crippen MR) is 171 cm³/mol. The molecular weight excluding hydrogens is 552 g/mol. The van der Waals surface area contributed by atoms with Crippen LogP contribution in [-0.2, 0) is 13.6 Å². The zero-order valence-electron chi connectivity index (χ0n) is 25.7. The highest BCUT2D eigenvalue weighted by atomic mass is 16.5. The molecule has 9 heteroatoms. The maximum Gasteiger partial charge on any atom is 0.254 e. The number of amides is 1. The number of aryl methyl sites for hydroxylation is 3. The van der Waals surface area contributed by atoms with E-state index in [4.69, 9.17) is 20.4 Å². The van der Waals surface area contributed by atoms with E-state index in [1.807, 2.05) is 44.0 Å². The SMILES string of the molecule is COc1cc(C(=O)N2CC3CCC2[C@@H]3N)cc2nc(-c3cc4ccc(-c5cc(C)c(O)cc5C)nc4n3CC3CC3)n(C)c12. The second-order valence-electron chi connectivity index (χ2n) is 13.1. The molecule has 4 heterocycles. The highest BCUT2D eigenvalue weighted by Gasteiger charge is 2.47. The molecule has 226 valence electrons. The lowest BCUT2D eigenvalue weighted by molar-refractivity contribution is 0.0700. The van der Waals surface area contributed by atoms with Crippen molar-refractivity contribution in [2.45, 2.75) is 58.2 Å². The molecule has 8 rings (SSSR count). The molecule has 1 amide bonds. The summed E-state index contributed by atoms with van der Waals surface area (Å²) >= 11 is 0. The van der Waals surface area contributed by atoms with E-state index in [1.54, 1.807) is 13.2 Å². The Hall–Kier alpha value is -4.37. The van der Waals surface area contributed by atoms with Crippen molar-refractivity contribution in [2.24, 2.45) is 24.6 Å². The average Bonchev–Trinajstić information content (AvgIpc) is 3.42. The smallest absolute Gasteiger partial charge is 0.254 e. The van der Waals surface area contributed by atoms with E-state index in [2.05, 4.69) is 27.3 Å². The lowest BCUT2D eigenvalue weighted by Gasteiger charge is -2.27. The van der Waals surface area contributed by atoms with Crippen molar-refractivity contribution in [3.63, 3.8) is 0 Å². The number of hydrogen-bond donors (Lipinski definition) is 2. The van der Waals surface area contributed by atoms with Crippen LogP contribution >= 0.6 is 0 Å². The standard InChI is InChI=1S/C35H38N6O3/c1-18-12-29(42)19(2)11-24(18)25-9-7-21-14-28(40(33(21)37-25)16-20-5-6-20)34-38-26-13-23(15-30(44-4)32(26)39(34)3)35(43)41-17-22-8-10-27(41)31(22)36/h7,9,11-15,20,22,27,31,42H,5-6,8,10,16-17,36H2,1-4H3/t22?,27?,31-/m1/s1. The molecule has 3 aliphatic rings. The summed E-state index contributed by atoms with van der Waals surface area (Å²) in [6, 6.07) is 14.1. The molecule has 3 atom stereocenters. The Kier molecular flexibility index (Phi) is 6.07. The van der Waals surface area contributed by atoms with E-state index < -0.39 is 0 Å². The number of benzene rings is 2. The molecule has 2 aliphatic carbocycles. The summed E-state index contributed by atoms with van der Waals surface area (Å²) in [4.78, 5) is 26.0. The molecule has 1 saturated heterocycles. The van der Waals surface area contributed by atoms with Gasteiger partial charge in [-0.25, -0.2) is 9.97 Å². The molecule has 2 bridgehead atoms. The monoisotopic (exact) mass is 590 g/mol.